The predicted octanol–water partition coefficient (Wildman–Crippen LogP) is 3.29. The van der Waals surface area contributed by atoms with Crippen molar-refractivity contribution >= 4 is 34.7 Å². The average molecular weight is 310 g/mol. The summed E-state index contributed by atoms with van der Waals surface area (Å²) in [7, 11) is 1.16. The summed E-state index contributed by atoms with van der Waals surface area (Å²) in [5.74, 6) is -0.574. The zero-order valence-corrected chi connectivity index (χ0v) is 10.6. The number of aromatic nitrogens is 2. The molecule has 0 fully saturated rings. The smallest absolute Gasteiger partial charge is 0.453 e. The monoisotopic (exact) mass is 309 g/mol. The second kappa shape index (κ2) is 5.08. The van der Waals surface area contributed by atoms with Crippen molar-refractivity contribution in [2.24, 2.45) is 0 Å². The van der Waals surface area contributed by atoms with Crippen LogP contribution >= 0.6 is 11.6 Å². The standard InChI is InChI=1S/C10H7ClF3N3O3/c1-19-9(18)17-8-15-5-2-4(11)7(3-6(5)16-8)20-10(12,13)14/h2-3H,1H3,(H2,15,16,17,18). The van der Waals surface area contributed by atoms with Crippen molar-refractivity contribution in [1.29, 1.82) is 0 Å². The summed E-state index contributed by atoms with van der Waals surface area (Å²) in [4.78, 5) is 17.5. The Balaban J connectivity index is 2.35. The van der Waals surface area contributed by atoms with E-state index in [9.17, 15) is 18.0 Å². The van der Waals surface area contributed by atoms with Crippen molar-refractivity contribution in [2.75, 3.05) is 12.4 Å². The molecule has 0 saturated carbocycles. The van der Waals surface area contributed by atoms with Crippen LogP contribution < -0.4 is 10.1 Å². The van der Waals surface area contributed by atoms with Crippen LogP contribution in [0.5, 0.6) is 5.75 Å². The van der Waals surface area contributed by atoms with Gasteiger partial charge in [-0.2, -0.15) is 0 Å². The van der Waals surface area contributed by atoms with Crippen molar-refractivity contribution in [3.05, 3.63) is 17.2 Å². The molecule has 0 radical (unpaired) electrons. The molecule has 1 amide bonds. The fourth-order valence-corrected chi connectivity index (χ4v) is 1.62. The van der Waals surface area contributed by atoms with Gasteiger partial charge in [-0.05, 0) is 6.07 Å². The molecule has 108 valence electrons. The molecule has 20 heavy (non-hydrogen) atoms. The number of H-pyrrole nitrogens is 1. The zero-order chi connectivity index (χ0) is 14.9. The summed E-state index contributed by atoms with van der Waals surface area (Å²) in [5, 5.41) is 1.99. The number of anilines is 1. The molecule has 10 heteroatoms. The molecule has 0 bridgehead atoms. The molecule has 0 aliphatic heterocycles. The number of ether oxygens (including phenoxy) is 2. The van der Waals surface area contributed by atoms with E-state index in [1.54, 1.807) is 0 Å². The first-order valence-corrected chi connectivity index (χ1v) is 5.46. The summed E-state index contributed by atoms with van der Waals surface area (Å²) in [6.07, 6.45) is -5.64. The minimum Gasteiger partial charge on any atom is -0.453 e. The highest BCUT2D eigenvalue weighted by Gasteiger charge is 2.32. The molecule has 0 aliphatic rings. The minimum atomic E-state index is -4.86. The Hall–Kier alpha value is -2.16. The molecule has 2 rings (SSSR count). The summed E-state index contributed by atoms with van der Waals surface area (Å²) in [6.45, 7) is 0. The van der Waals surface area contributed by atoms with Gasteiger partial charge in [0.1, 0.15) is 5.75 Å². The van der Waals surface area contributed by atoms with Crippen molar-refractivity contribution in [3.8, 4) is 5.75 Å². The lowest BCUT2D eigenvalue weighted by Gasteiger charge is -2.09. The first-order valence-electron chi connectivity index (χ1n) is 5.08. The number of aromatic amines is 1. The van der Waals surface area contributed by atoms with Crippen molar-refractivity contribution in [1.82, 2.24) is 9.97 Å². The second-order valence-corrected chi connectivity index (χ2v) is 3.96. The number of methoxy groups -OCH3 is 1. The lowest BCUT2D eigenvalue weighted by atomic mass is 10.3. The van der Waals surface area contributed by atoms with Gasteiger partial charge in [-0.25, -0.2) is 9.78 Å². The number of fused-ring (bicyclic) bond motifs is 1. The number of imidazole rings is 1. The van der Waals surface area contributed by atoms with Gasteiger partial charge in [-0.3, -0.25) is 5.32 Å². The number of rotatable bonds is 2. The Bertz CT molecular complexity index is 656. The minimum absolute atomic E-state index is 0.00655. The Kier molecular flexibility index (Phi) is 3.62. The van der Waals surface area contributed by atoms with Gasteiger partial charge < -0.3 is 14.5 Å². The molecule has 0 atom stereocenters. The Morgan fingerprint density at radius 3 is 2.75 bits per heavy atom. The number of benzene rings is 1. The number of hydrogen-bond donors (Lipinski definition) is 2. The van der Waals surface area contributed by atoms with Crippen LogP contribution in [0.15, 0.2) is 12.1 Å². The van der Waals surface area contributed by atoms with E-state index in [-0.39, 0.29) is 16.5 Å². The summed E-state index contributed by atoms with van der Waals surface area (Å²) in [5.41, 5.74) is 0.469. The third kappa shape index (κ3) is 3.23. The molecule has 1 heterocycles. The van der Waals surface area contributed by atoms with Gasteiger partial charge in [0.25, 0.3) is 0 Å². The van der Waals surface area contributed by atoms with Gasteiger partial charge in [-0.15, -0.1) is 13.2 Å². The number of carbonyl (C=O) groups excluding carboxylic acids is 1. The first kappa shape index (κ1) is 14.3. The lowest BCUT2D eigenvalue weighted by molar-refractivity contribution is -0.274. The van der Waals surface area contributed by atoms with Crippen LogP contribution in [0, 0.1) is 0 Å². The van der Waals surface area contributed by atoms with Gasteiger partial charge >= 0.3 is 12.5 Å². The topological polar surface area (TPSA) is 76.2 Å². The SMILES string of the molecule is COC(=O)Nc1nc2cc(OC(F)(F)F)c(Cl)cc2[nH]1. The molecule has 0 unspecified atom stereocenters. The van der Waals surface area contributed by atoms with E-state index in [0.717, 1.165) is 13.2 Å². The van der Waals surface area contributed by atoms with Crippen molar-refractivity contribution in [2.45, 2.75) is 6.36 Å². The van der Waals surface area contributed by atoms with Crippen LogP contribution in [0.1, 0.15) is 0 Å². The molecular formula is C10H7ClF3N3O3. The van der Waals surface area contributed by atoms with Gasteiger partial charge in [-0.1, -0.05) is 11.6 Å². The van der Waals surface area contributed by atoms with E-state index in [0.29, 0.717) is 5.52 Å². The Morgan fingerprint density at radius 1 is 1.45 bits per heavy atom. The molecule has 0 saturated heterocycles. The average Bonchev–Trinajstić information content (AvgIpc) is 2.68. The number of nitrogens with zero attached hydrogens (tertiary/aromatic N) is 1. The van der Waals surface area contributed by atoms with Crippen LogP contribution in [-0.2, 0) is 4.74 Å². The Labute approximate surface area is 114 Å². The van der Waals surface area contributed by atoms with E-state index in [1.807, 2.05) is 0 Å². The Morgan fingerprint density at radius 2 is 2.15 bits per heavy atom. The molecule has 1 aromatic carbocycles. The third-order valence-electron chi connectivity index (χ3n) is 2.17. The number of amides is 1. The summed E-state index contributed by atoms with van der Waals surface area (Å²) in [6, 6.07) is 2.21. The number of halogens is 4. The maximum atomic E-state index is 12.2. The predicted molar refractivity (Wildman–Crippen MR) is 63.8 cm³/mol. The van der Waals surface area contributed by atoms with Gasteiger partial charge in [0.05, 0.1) is 23.2 Å². The van der Waals surface area contributed by atoms with Crippen LogP contribution in [0.4, 0.5) is 23.9 Å². The lowest BCUT2D eigenvalue weighted by Crippen LogP contribution is -2.17. The highest BCUT2D eigenvalue weighted by Crippen LogP contribution is 2.33. The van der Waals surface area contributed by atoms with Gasteiger partial charge in [0, 0.05) is 6.07 Å². The van der Waals surface area contributed by atoms with E-state index < -0.39 is 18.2 Å². The molecule has 2 N–H and O–H groups in total. The maximum Gasteiger partial charge on any atom is 0.573 e. The highest BCUT2D eigenvalue weighted by atomic mass is 35.5. The van der Waals surface area contributed by atoms with Crippen molar-refractivity contribution < 1.29 is 27.4 Å². The highest BCUT2D eigenvalue weighted by molar-refractivity contribution is 6.32. The normalized spacial score (nSPS) is 11.4. The second-order valence-electron chi connectivity index (χ2n) is 3.55. The first-order chi connectivity index (χ1) is 9.28. The molecular weight excluding hydrogens is 303 g/mol. The quantitative estimate of drug-likeness (QED) is 0.892. The van der Waals surface area contributed by atoms with E-state index in [4.69, 9.17) is 11.6 Å². The number of alkyl halides is 3. The maximum absolute atomic E-state index is 12.2. The van der Waals surface area contributed by atoms with Crippen LogP contribution in [0.3, 0.4) is 0 Å². The van der Waals surface area contributed by atoms with Crippen LogP contribution in [-0.4, -0.2) is 29.5 Å². The third-order valence-corrected chi connectivity index (χ3v) is 2.46. The fourth-order valence-electron chi connectivity index (χ4n) is 1.42. The fraction of sp³-hybridized carbons (Fsp3) is 0.200. The molecule has 2 aromatic rings. The summed E-state index contributed by atoms with van der Waals surface area (Å²) < 4.78 is 44.6. The van der Waals surface area contributed by atoms with Gasteiger partial charge in [0.2, 0.25) is 5.95 Å². The number of hydrogen-bond acceptors (Lipinski definition) is 4. The molecule has 0 spiro atoms. The summed E-state index contributed by atoms with van der Waals surface area (Å²) >= 11 is 5.67. The van der Waals surface area contributed by atoms with E-state index in [2.05, 4.69) is 24.8 Å². The van der Waals surface area contributed by atoms with Crippen LogP contribution in [0.2, 0.25) is 5.02 Å². The van der Waals surface area contributed by atoms with E-state index >= 15 is 0 Å². The van der Waals surface area contributed by atoms with E-state index in [1.165, 1.54) is 6.07 Å². The molecule has 0 aliphatic carbocycles. The molecule has 6 nitrogen and oxygen atoms in total. The number of carbonyl (C=O) groups is 1. The van der Waals surface area contributed by atoms with Crippen LogP contribution in [0.25, 0.3) is 11.0 Å². The zero-order valence-electron chi connectivity index (χ0n) is 9.84. The molecule has 1 aromatic heterocycles. The van der Waals surface area contributed by atoms with Crippen molar-refractivity contribution in [3.63, 3.8) is 0 Å². The largest absolute Gasteiger partial charge is 0.573 e. The van der Waals surface area contributed by atoms with Gasteiger partial charge in [0.15, 0.2) is 0 Å². The number of nitrogens with one attached hydrogen (secondary N) is 2.